The molecule has 1 aromatic carbocycles. The van der Waals surface area contributed by atoms with Crippen molar-refractivity contribution in [1.29, 1.82) is 0 Å². The molecule has 2 heterocycles. The summed E-state index contributed by atoms with van der Waals surface area (Å²) < 4.78 is 27.8. The lowest BCUT2D eigenvalue weighted by atomic mass is 10.1. The molecule has 3 aromatic rings. The molecule has 10 heteroatoms. The van der Waals surface area contributed by atoms with Crippen LogP contribution in [0.15, 0.2) is 47.1 Å². The number of aliphatic hydroxyl groups is 1. The number of aliphatic hydroxyl groups excluding tert-OH is 1. The van der Waals surface area contributed by atoms with Gasteiger partial charge in [0.25, 0.3) is 0 Å². The second kappa shape index (κ2) is 10.3. The number of fused-ring (bicyclic) bond motifs is 1. The number of ether oxygens (including phenoxy) is 1. The highest BCUT2D eigenvalue weighted by Gasteiger charge is 2.25. The van der Waals surface area contributed by atoms with E-state index in [1.165, 1.54) is 12.4 Å². The van der Waals surface area contributed by atoms with Crippen LogP contribution in [0.25, 0.3) is 16.7 Å². The normalized spacial score (nSPS) is 19.5. The lowest BCUT2D eigenvalue weighted by Crippen LogP contribution is -2.35. The molecule has 1 fully saturated rings. The van der Waals surface area contributed by atoms with Gasteiger partial charge in [0, 0.05) is 26.1 Å². The summed E-state index contributed by atoms with van der Waals surface area (Å²) in [5.74, 6) is 1.15. The van der Waals surface area contributed by atoms with Crippen LogP contribution < -0.4 is 10.1 Å². The van der Waals surface area contributed by atoms with E-state index < -0.39 is 6.30 Å². The largest absolute Gasteiger partial charge is 0.493 e. The van der Waals surface area contributed by atoms with E-state index in [0.717, 1.165) is 24.8 Å². The third kappa shape index (κ3) is 5.07. The Labute approximate surface area is 197 Å². The monoisotopic (exact) mass is 468 g/mol. The minimum Gasteiger partial charge on any atom is -0.493 e. The number of halogens is 1. The van der Waals surface area contributed by atoms with E-state index in [-0.39, 0.29) is 30.2 Å². The lowest BCUT2D eigenvalue weighted by Gasteiger charge is -2.16. The Hall–Kier alpha value is -3.37. The lowest BCUT2D eigenvalue weighted by molar-refractivity contribution is 0.148. The highest BCUT2D eigenvalue weighted by Crippen LogP contribution is 2.29. The first-order valence-electron chi connectivity index (χ1n) is 11.1. The van der Waals surface area contributed by atoms with Gasteiger partial charge in [-0.3, -0.25) is 0 Å². The van der Waals surface area contributed by atoms with Crippen molar-refractivity contribution in [3.8, 4) is 5.75 Å². The fraction of sp³-hybridized carbons (Fsp3) is 0.417. The van der Waals surface area contributed by atoms with Crippen molar-refractivity contribution in [1.82, 2.24) is 25.1 Å². The van der Waals surface area contributed by atoms with Crippen LogP contribution in [-0.2, 0) is 13.6 Å². The summed E-state index contributed by atoms with van der Waals surface area (Å²) in [6.45, 7) is 8.17. The average molecular weight is 469 g/mol. The van der Waals surface area contributed by atoms with Gasteiger partial charge >= 0.3 is 0 Å². The number of nitrogens with zero attached hydrogens (tertiary/aromatic N) is 5. The Morgan fingerprint density at radius 2 is 2.29 bits per heavy atom. The van der Waals surface area contributed by atoms with Crippen molar-refractivity contribution in [2.75, 3.05) is 7.11 Å². The van der Waals surface area contributed by atoms with Crippen molar-refractivity contribution < 1.29 is 18.7 Å². The molecule has 0 aliphatic heterocycles. The molecular formula is C24H29FN6O3. The minimum absolute atomic E-state index is 0.0593. The smallest absolute Gasteiger partial charge is 0.246 e. The minimum atomic E-state index is -1.59. The number of aliphatic imine (C=N–C) groups is 1. The fourth-order valence-electron chi connectivity index (χ4n) is 4.14. The highest BCUT2D eigenvalue weighted by atomic mass is 19.1. The molecule has 3 atom stereocenters. The number of allylic oxidation sites excluding steroid dienone is 1. The molecule has 9 nitrogen and oxygen atoms in total. The molecular weight excluding hydrogens is 439 g/mol. The maximum Gasteiger partial charge on any atom is 0.246 e. The second-order valence-electron chi connectivity index (χ2n) is 8.38. The molecule has 2 N–H and O–H groups in total. The number of hydrogen-bond acceptors (Lipinski definition) is 8. The number of aromatic nitrogens is 4. The number of nitrogens with one attached hydrogen (secondary N) is 1. The summed E-state index contributed by atoms with van der Waals surface area (Å²) in [5, 5.41) is 21.2. The van der Waals surface area contributed by atoms with Crippen LogP contribution in [0.1, 0.15) is 43.0 Å². The molecule has 1 aliphatic rings. The van der Waals surface area contributed by atoms with Crippen LogP contribution in [0.4, 0.5) is 4.39 Å². The molecule has 34 heavy (non-hydrogen) atoms. The molecule has 0 spiro atoms. The highest BCUT2D eigenvalue weighted by molar-refractivity contribution is 6.06. The Morgan fingerprint density at radius 3 is 2.94 bits per heavy atom. The van der Waals surface area contributed by atoms with Gasteiger partial charge in [-0.2, -0.15) is 0 Å². The van der Waals surface area contributed by atoms with Crippen LogP contribution in [0.2, 0.25) is 0 Å². The van der Waals surface area contributed by atoms with Gasteiger partial charge < -0.3 is 24.1 Å². The molecule has 1 saturated carbocycles. The molecule has 1 aliphatic carbocycles. The fourth-order valence-corrected chi connectivity index (χ4v) is 4.14. The first-order valence-corrected chi connectivity index (χ1v) is 11.1. The third-order valence-electron chi connectivity index (χ3n) is 5.92. The van der Waals surface area contributed by atoms with Gasteiger partial charge in [-0.05, 0) is 48.6 Å². The van der Waals surface area contributed by atoms with Gasteiger partial charge in [0.2, 0.25) is 5.89 Å². The summed E-state index contributed by atoms with van der Waals surface area (Å²) in [5.41, 5.74) is 2.60. The van der Waals surface area contributed by atoms with Crippen LogP contribution in [0.3, 0.4) is 0 Å². The van der Waals surface area contributed by atoms with Crippen LogP contribution in [-0.4, -0.2) is 56.1 Å². The molecule has 2 aromatic heterocycles. The van der Waals surface area contributed by atoms with E-state index in [2.05, 4.69) is 38.6 Å². The van der Waals surface area contributed by atoms with Gasteiger partial charge in [0.1, 0.15) is 17.6 Å². The van der Waals surface area contributed by atoms with Gasteiger partial charge in [0.05, 0.1) is 13.2 Å². The predicted molar refractivity (Wildman–Crippen MR) is 127 cm³/mol. The Bertz CT molecular complexity index is 1220. The van der Waals surface area contributed by atoms with Crippen molar-refractivity contribution >= 4 is 22.4 Å². The summed E-state index contributed by atoms with van der Waals surface area (Å²) >= 11 is 0. The van der Waals surface area contributed by atoms with E-state index in [4.69, 9.17) is 9.15 Å². The van der Waals surface area contributed by atoms with Gasteiger partial charge in [0.15, 0.2) is 23.5 Å². The molecule has 0 amide bonds. The van der Waals surface area contributed by atoms with Gasteiger partial charge in [-0.15, -0.1) is 10.2 Å². The molecule has 180 valence electrons. The maximum atomic E-state index is 14.8. The summed E-state index contributed by atoms with van der Waals surface area (Å²) in [6.07, 6.45) is 3.73. The Kier molecular flexibility index (Phi) is 7.18. The standard InChI is InChI=1S/C24H29FN6O3/c1-5-16(28-21(25)9-14(2)23-30-27-13-31(23)3)24-29-18-10-15(11-20(33-4)22(18)34-24)12-26-17-7-6-8-19(17)32/h5,10-11,13,17,19,21,26,32H,1-2,6-9,12H2,3-4H3/b28-16+/t17-,19+,21?/m1/s1. The number of aryl methyl sites for hydroxylation is 1. The van der Waals surface area contributed by atoms with Crippen LogP contribution in [0, 0.1) is 0 Å². The number of hydrogen-bond donors (Lipinski definition) is 2. The molecule has 4 rings (SSSR count). The third-order valence-corrected chi connectivity index (χ3v) is 5.92. The predicted octanol–water partition coefficient (Wildman–Crippen LogP) is 3.34. The van der Waals surface area contributed by atoms with Crippen LogP contribution in [0.5, 0.6) is 5.75 Å². The quantitative estimate of drug-likeness (QED) is 0.347. The van der Waals surface area contributed by atoms with Crippen molar-refractivity contribution in [3.05, 3.63) is 55.0 Å². The summed E-state index contributed by atoms with van der Waals surface area (Å²) in [7, 11) is 3.31. The van der Waals surface area contributed by atoms with E-state index in [1.54, 1.807) is 18.7 Å². The first kappa shape index (κ1) is 23.8. The van der Waals surface area contributed by atoms with Gasteiger partial charge in [-0.25, -0.2) is 14.4 Å². The van der Waals surface area contributed by atoms with Crippen molar-refractivity contribution in [2.45, 2.75) is 50.7 Å². The Balaban J connectivity index is 1.54. The molecule has 0 saturated heterocycles. The topological polar surface area (TPSA) is 111 Å². The van der Waals surface area contributed by atoms with E-state index in [9.17, 15) is 9.50 Å². The summed E-state index contributed by atoms with van der Waals surface area (Å²) in [6, 6.07) is 3.81. The van der Waals surface area contributed by atoms with Crippen molar-refractivity contribution in [3.63, 3.8) is 0 Å². The first-order chi connectivity index (χ1) is 16.4. The zero-order valence-corrected chi connectivity index (χ0v) is 19.4. The van der Waals surface area contributed by atoms with E-state index in [0.29, 0.717) is 34.8 Å². The van der Waals surface area contributed by atoms with Gasteiger partial charge in [-0.1, -0.05) is 13.2 Å². The Morgan fingerprint density at radius 1 is 1.47 bits per heavy atom. The van der Waals surface area contributed by atoms with E-state index >= 15 is 0 Å². The van der Waals surface area contributed by atoms with Crippen molar-refractivity contribution in [2.24, 2.45) is 12.0 Å². The maximum absolute atomic E-state index is 14.8. The molecule has 0 bridgehead atoms. The average Bonchev–Trinajstić information content (AvgIpc) is 3.54. The number of rotatable bonds is 10. The SMILES string of the molecule is C=C/C(=N\C(F)CC(=C)c1nncn1C)c1nc2cc(CN[C@@H]3CCC[C@@H]3O)cc(OC)c2o1. The molecule has 1 unspecified atom stereocenters. The number of alkyl halides is 1. The number of benzene rings is 1. The number of oxazole rings is 1. The second-order valence-corrected chi connectivity index (χ2v) is 8.38. The van der Waals surface area contributed by atoms with E-state index in [1.807, 2.05) is 12.1 Å². The number of methoxy groups -OCH3 is 1. The zero-order chi connectivity index (χ0) is 24.2. The summed E-state index contributed by atoms with van der Waals surface area (Å²) in [4.78, 5) is 8.59. The molecule has 0 radical (unpaired) electrons. The van der Waals surface area contributed by atoms with Crippen LogP contribution >= 0.6 is 0 Å². The zero-order valence-electron chi connectivity index (χ0n) is 19.4.